The van der Waals surface area contributed by atoms with Crippen molar-refractivity contribution >= 4 is 5.97 Å². The van der Waals surface area contributed by atoms with Gasteiger partial charge >= 0.3 is 5.97 Å². The van der Waals surface area contributed by atoms with Gasteiger partial charge in [0.25, 0.3) is 0 Å². The molecular weight excluding hydrogens is 312 g/mol. The lowest BCUT2D eigenvalue weighted by Gasteiger charge is -2.09. The van der Waals surface area contributed by atoms with Gasteiger partial charge < -0.3 is 9.84 Å². The molecule has 0 aliphatic rings. The fourth-order valence-corrected chi connectivity index (χ4v) is 2.75. The molecule has 3 aromatic rings. The molecule has 0 saturated heterocycles. The molecular formula is C22H20O3. The zero-order valence-corrected chi connectivity index (χ0v) is 14.1. The third-order valence-corrected chi connectivity index (χ3v) is 3.96. The van der Waals surface area contributed by atoms with E-state index in [1.165, 1.54) is 5.56 Å². The van der Waals surface area contributed by atoms with Crippen LogP contribution in [-0.4, -0.2) is 11.1 Å². The van der Waals surface area contributed by atoms with Crippen molar-refractivity contribution in [1.29, 1.82) is 0 Å². The molecule has 3 heteroatoms. The molecule has 0 aliphatic carbocycles. The Kier molecular flexibility index (Phi) is 5.14. The molecule has 0 aromatic heterocycles. The summed E-state index contributed by atoms with van der Waals surface area (Å²) < 4.78 is 5.84. The Hall–Kier alpha value is -3.07. The summed E-state index contributed by atoms with van der Waals surface area (Å²) in [5.74, 6) is -0.0102. The van der Waals surface area contributed by atoms with Crippen LogP contribution < -0.4 is 4.74 Å². The van der Waals surface area contributed by atoms with Crippen LogP contribution in [-0.2, 0) is 17.8 Å². The summed E-state index contributed by atoms with van der Waals surface area (Å²) >= 11 is 0. The van der Waals surface area contributed by atoms with E-state index in [0.29, 0.717) is 6.61 Å². The number of hydrogen-bond donors (Lipinski definition) is 1. The standard InChI is InChI=1S/C22H20O3/c1-16-4-2-6-18(12-16)15-25-21-10-8-19(9-11-21)20-7-3-5-17(13-20)14-22(23)24/h2-13H,14-15H2,1H3,(H,23,24). The fraction of sp³-hybridized carbons (Fsp3) is 0.136. The monoisotopic (exact) mass is 332 g/mol. The first-order valence-electron chi connectivity index (χ1n) is 8.20. The molecule has 0 aliphatic heterocycles. The number of aryl methyl sites for hydroxylation is 1. The molecule has 126 valence electrons. The normalized spacial score (nSPS) is 10.4. The van der Waals surface area contributed by atoms with Gasteiger partial charge in [-0.2, -0.15) is 0 Å². The van der Waals surface area contributed by atoms with E-state index in [0.717, 1.165) is 28.0 Å². The molecule has 0 amide bonds. The van der Waals surface area contributed by atoms with Gasteiger partial charge in [-0.1, -0.05) is 66.2 Å². The molecule has 0 heterocycles. The molecule has 1 N–H and O–H groups in total. The van der Waals surface area contributed by atoms with Crippen molar-refractivity contribution in [2.24, 2.45) is 0 Å². The highest BCUT2D eigenvalue weighted by molar-refractivity contribution is 5.72. The van der Waals surface area contributed by atoms with Crippen LogP contribution in [0.15, 0.2) is 72.8 Å². The minimum Gasteiger partial charge on any atom is -0.489 e. The first-order valence-corrected chi connectivity index (χ1v) is 8.20. The topological polar surface area (TPSA) is 46.5 Å². The largest absolute Gasteiger partial charge is 0.489 e. The van der Waals surface area contributed by atoms with Crippen molar-refractivity contribution in [1.82, 2.24) is 0 Å². The molecule has 0 saturated carbocycles. The van der Waals surface area contributed by atoms with Crippen molar-refractivity contribution in [2.75, 3.05) is 0 Å². The lowest BCUT2D eigenvalue weighted by Crippen LogP contribution is -1.99. The summed E-state index contributed by atoms with van der Waals surface area (Å²) in [6.45, 7) is 2.60. The maximum absolute atomic E-state index is 10.9. The highest BCUT2D eigenvalue weighted by Gasteiger charge is 2.04. The molecule has 0 bridgehead atoms. The van der Waals surface area contributed by atoms with Crippen LogP contribution in [0.25, 0.3) is 11.1 Å². The second-order valence-corrected chi connectivity index (χ2v) is 6.07. The second kappa shape index (κ2) is 7.67. The highest BCUT2D eigenvalue weighted by atomic mass is 16.5. The van der Waals surface area contributed by atoms with Gasteiger partial charge in [0.2, 0.25) is 0 Å². The van der Waals surface area contributed by atoms with Gasteiger partial charge in [0.05, 0.1) is 6.42 Å². The van der Waals surface area contributed by atoms with Crippen LogP contribution in [0, 0.1) is 6.92 Å². The Balaban J connectivity index is 1.68. The van der Waals surface area contributed by atoms with Crippen LogP contribution in [0.4, 0.5) is 0 Å². The van der Waals surface area contributed by atoms with Gasteiger partial charge in [0, 0.05) is 0 Å². The summed E-state index contributed by atoms with van der Waals surface area (Å²) in [6, 6.07) is 23.7. The average molecular weight is 332 g/mol. The Bertz CT molecular complexity index is 866. The van der Waals surface area contributed by atoms with E-state index in [9.17, 15) is 4.79 Å². The zero-order chi connectivity index (χ0) is 17.6. The minimum atomic E-state index is -0.822. The average Bonchev–Trinajstić information content (AvgIpc) is 2.60. The quantitative estimate of drug-likeness (QED) is 0.700. The molecule has 0 atom stereocenters. The maximum atomic E-state index is 10.9. The number of benzene rings is 3. The smallest absolute Gasteiger partial charge is 0.307 e. The summed E-state index contributed by atoms with van der Waals surface area (Å²) in [4.78, 5) is 10.9. The summed E-state index contributed by atoms with van der Waals surface area (Å²) in [6.07, 6.45) is 0.0333. The third kappa shape index (κ3) is 4.70. The van der Waals surface area contributed by atoms with Crippen molar-refractivity contribution in [2.45, 2.75) is 20.0 Å². The molecule has 3 rings (SSSR count). The van der Waals surface area contributed by atoms with E-state index in [4.69, 9.17) is 9.84 Å². The van der Waals surface area contributed by atoms with Gasteiger partial charge in [-0.15, -0.1) is 0 Å². The van der Waals surface area contributed by atoms with E-state index in [1.807, 2.05) is 54.6 Å². The molecule has 0 fully saturated rings. The minimum absolute atomic E-state index is 0.0333. The molecule has 0 spiro atoms. The lowest BCUT2D eigenvalue weighted by molar-refractivity contribution is -0.136. The van der Waals surface area contributed by atoms with Gasteiger partial charge in [-0.05, 0) is 41.3 Å². The summed E-state index contributed by atoms with van der Waals surface area (Å²) in [5, 5.41) is 8.92. The zero-order valence-electron chi connectivity index (χ0n) is 14.1. The highest BCUT2D eigenvalue weighted by Crippen LogP contribution is 2.24. The summed E-state index contributed by atoms with van der Waals surface area (Å²) in [7, 11) is 0. The lowest BCUT2D eigenvalue weighted by atomic mass is 10.0. The number of hydrogen-bond acceptors (Lipinski definition) is 2. The SMILES string of the molecule is Cc1cccc(COc2ccc(-c3cccc(CC(=O)O)c3)cc2)c1. The maximum Gasteiger partial charge on any atom is 0.307 e. The number of carbonyl (C=O) groups is 1. The molecule has 25 heavy (non-hydrogen) atoms. The van der Waals surface area contributed by atoms with Crippen LogP contribution in [0.1, 0.15) is 16.7 Å². The van der Waals surface area contributed by atoms with Crippen molar-refractivity contribution in [3.63, 3.8) is 0 Å². The van der Waals surface area contributed by atoms with Crippen molar-refractivity contribution in [3.05, 3.63) is 89.5 Å². The van der Waals surface area contributed by atoms with E-state index in [2.05, 4.69) is 25.1 Å². The molecule has 0 unspecified atom stereocenters. The van der Waals surface area contributed by atoms with Crippen LogP contribution in [0.5, 0.6) is 5.75 Å². The van der Waals surface area contributed by atoms with E-state index < -0.39 is 5.97 Å². The molecule has 3 nitrogen and oxygen atoms in total. The van der Waals surface area contributed by atoms with Crippen molar-refractivity contribution in [3.8, 4) is 16.9 Å². The Labute approximate surface area is 147 Å². The predicted molar refractivity (Wildman–Crippen MR) is 98.7 cm³/mol. The van der Waals surface area contributed by atoms with Crippen LogP contribution in [0.2, 0.25) is 0 Å². The van der Waals surface area contributed by atoms with E-state index >= 15 is 0 Å². The Morgan fingerprint density at radius 2 is 1.60 bits per heavy atom. The van der Waals surface area contributed by atoms with Gasteiger partial charge in [0.15, 0.2) is 0 Å². The first kappa shape index (κ1) is 16.8. The van der Waals surface area contributed by atoms with Crippen LogP contribution in [0.3, 0.4) is 0 Å². The Morgan fingerprint density at radius 3 is 2.32 bits per heavy atom. The van der Waals surface area contributed by atoms with Gasteiger partial charge in [0.1, 0.15) is 12.4 Å². The van der Waals surface area contributed by atoms with E-state index in [-0.39, 0.29) is 6.42 Å². The Morgan fingerprint density at radius 1 is 0.880 bits per heavy atom. The number of aliphatic carboxylic acids is 1. The first-order chi connectivity index (χ1) is 12.1. The fourth-order valence-electron chi connectivity index (χ4n) is 2.75. The molecule has 3 aromatic carbocycles. The number of ether oxygens (including phenoxy) is 1. The predicted octanol–water partition coefficient (Wildman–Crippen LogP) is 4.87. The number of carboxylic acid groups (broad SMARTS) is 1. The van der Waals surface area contributed by atoms with E-state index in [1.54, 1.807) is 0 Å². The second-order valence-electron chi connectivity index (χ2n) is 6.07. The summed E-state index contributed by atoms with van der Waals surface area (Å²) in [5.41, 5.74) is 5.20. The number of rotatable bonds is 6. The van der Waals surface area contributed by atoms with Gasteiger partial charge in [-0.3, -0.25) is 4.79 Å². The number of carboxylic acids is 1. The van der Waals surface area contributed by atoms with Crippen LogP contribution >= 0.6 is 0 Å². The third-order valence-electron chi connectivity index (χ3n) is 3.96. The van der Waals surface area contributed by atoms with Gasteiger partial charge in [-0.25, -0.2) is 0 Å². The van der Waals surface area contributed by atoms with Crippen molar-refractivity contribution < 1.29 is 14.6 Å². The molecule has 0 radical (unpaired) electrons.